The van der Waals surface area contributed by atoms with E-state index >= 15 is 0 Å². The Balaban J connectivity index is 2.03. The number of carbonyl (C=O) groups excluding carboxylic acids is 1. The Hall–Kier alpha value is -1.94. The summed E-state index contributed by atoms with van der Waals surface area (Å²) in [4.78, 5) is 17.8. The average molecular weight is 242 g/mol. The van der Waals surface area contributed by atoms with E-state index in [-0.39, 0.29) is 0 Å². The van der Waals surface area contributed by atoms with E-state index in [1.54, 1.807) is 0 Å². The number of rotatable bonds is 2. The minimum atomic E-state index is 0.688. The molecule has 1 saturated heterocycles. The molecule has 1 fully saturated rings. The SMILES string of the molecule is O=Cc1cccc2nc(N3CCOCC3)ccc12. The van der Waals surface area contributed by atoms with Gasteiger partial charge in [0.15, 0.2) is 6.29 Å². The van der Waals surface area contributed by atoms with Crippen LogP contribution in [0.2, 0.25) is 0 Å². The third-order valence-electron chi connectivity index (χ3n) is 3.21. The number of nitrogens with zero attached hydrogens (tertiary/aromatic N) is 2. The van der Waals surface area contributed by atoms with E-state index in [4.69, 9.17) is 4.74 Å². The van der Waals surface area contributed by atoms with Gasteiger partial charge < -0.3 is 9.64 Å². The molecule has 0 radical (unpaired) electrons. The molecular weight excluding hydrogens is 228 g/mol. The summed E-state index contributed by atoms with van der Waals surface area (Å²) in [6.07, 6.45) is 0.873. The van der Waals surface area contributed by atoms with Gasteiger partial charge in [0.25, 0.3) is 0 Å². The van der Waals surface area contributed by atoms with Crippen LogP contribution in [0.5, 0.6) is 0 Å². The van der Waals surface area contributed by atoms with E-state index in [9.17, 15) is 4.79 Å². The second-order valence-corrected chi connectivity index (χ2v) is 4.30. The molecule has 92 valence electrons. The van der Waals surface area contributed by atoms with Crippen molar-refractivity contribution in [2.24, 2.45) is 0 Å². The van der Waals surface area contributed by atoms with Crippen LogP contribution < -0.4 is 4.90 Å². The fourth-order valence-corrected chi connectivity index (χ4v) is 2.24. The zero-order chi connectivity index (χ0) is 12.4. The van der Waals surface area contributed by atoms with Gasteiger partial charge >= 0.3 is 0 Å². The first-order valence-corrected chi connectivity index (χ1v) is 6.06. The maximum atomic E-state index is 11.0. The first kappa shape index (κ1) is 11.2. The Labute approximate surface area is 105 Å². The zero-order valence-electron chi connectivity index (χ0n) is 10.0. The molecule has 18 heavy (non-hydrogen) atoms. The van der Waals surface area contributed by atoms with Gasteiger partial charge in [-0.25, -0.2) is 4.98 Å². The number of aromatic nitrogens is 1. The van der Waals surface area contributed by atoms with Crippen LogP contribution in [0, 0.1) is 0 Å². The quantitative estimate of drug-likeness (QED) is 0.754. The van der Waals surface area contributed by atoms with Gasteiger partial charge in [0, 0.05) is 24.0 Å². The molecule has 1 aliphatic heterocycles. The van der Waals surface area contributed by atoms with Crippen molar-refractivity contribution in [1.29, 1.82) is 0 Å². The van der Waals surface area contributed by atoms with Gasteiger partial charge in [-0.05, 0) is 18.2 Å². The molecule has 0 unspecified atom stereocenters. The van der Waals surface area contributed by atoms with Gasteiger partial charge in [-0.15, -0.1) is 0 Å². The third-order valence-corrected chi connectivity index (χ3v) is 3.21. The summed E-state index contributed by atoms with van der Waals surface area (Å²) in [6, 6.07) is 9.55. The molecule has 0 bridgehead atoms. The molecule has 1 aliphatic rings. The number of benzene rings is 1. The summed E-state index contributed by atoms with van der Waals surface area (Å²) >= 11 is 0. The second-order valence-electron chi connectivity index (χ2n) is 4.30. The van der Waals surface area contributed by atoms with Crippen molar-refractivity contribution in [2.75, 3.05) is 31.2 Å². The third kappa shape index (κ3) is 1.95. The van der Waals surface area contributed by atoms with Crippen molar-refractivity contribution >= 4 is 23.0 Å². The number of aldehydes is 1. The van der Waals surface area contributed by atoms with Crippen molar-refractivity contribution in [1.82, 2.24) is 4.98 Å². The van der Waals surface area contributed by atoms with E-state index in [0.717, 1.165) is 49.3 Å². The summed E-state index contributed by atoms with van der Waals surface area (Å²) in [5.74, 6) is 0.953. The number of hydrogen-bond acceptors (Lipinski definition) is 4. The van der Waals surface area contributed by atoms with E-state index in [2.05, 4.69) is 9.88 Å². The van der Waals surface area contributed by atoms with Crippen LogP contribution in [0.15, 0.2) is 30.3 Å². The lowest BCUT2D eigenvalue weighted by Crippen LogP contribution is -2.36. The highest BCUT2D eigenvalue weighted by Crippen LogP contribution is 2.21. The van der Waals surface area contributed by atoms with Gasteiger partial charge in [-0.3, -0.25) is 4.79 Å². The topological polar surface area (TPSA) is 42.4 Å². The largest absolute Gasteiger partial charge is 0.378 e. The van der Waals surface area contributed by atoms with Crippen LogP contribution in [0.25, 0.3) is 10.9 Å². The van der Waals surface area contributed by atoms with Gasteiger partial charge in [-0.2, -0.15) is 0 Å². The molecule has 4 nitrogen and oxygen atoms in total. The number of hydrogen-bond donors (Lipinski definition) is 0. The highest BCUT2D eigenvalue weighted by Gasteiger charge is 2.13. The van der Waals surface area contributed by atoms with Crippen molar-refractivity contribution in [3.8, 4) is 0 Å². The smallest absolute Gasteiger partial charge is 0.150 e. The monoisotopic (exact) mass is 242 g/mol. The van der Waals surface area contributed by atoms with Crippen LogP contribution in [0.4, 0.5) is 5.82 Å². The lowest BCUT2D eigenvalue weighted by molar-refractivity contribution is 0.112. The molecule has 1 aromatic carbocycles. The van der Waals surface area contributed by atoms with Crippen LogP contribution in [0.1, 0.15) is 10.4 Å². The van der Waals surface area contributed by atoms with Crippen molar-refractivity contribution in [3.05, 3.63) is 35.9 Å². The van der Waals surface area contributed by atoms with E-state index in [1.807, 2.05) is 30.3 Å². The molecule has 0 N–H and O–H groups in total. The second kappa shape index (κ2) is 4.74. The maximum Gasteiger partial charge on any atom is 0.150 e. The molecule has 1 aromatic heterocycles. The first-order chi connectivity index (χ1) is 8.88. The van der Waals surface area contributed by atoms with Gasteiger partial charge in [0.2, 0.25) is 0 Å². The highest BCUT2D eigenvalue weighted by molar-refractivity contribution is 5.96. The zero-order valence-corrected chi connectivity index (χ0v) is 10.0. The number of pyridine rings is 1. The predicted molar refractivity (Wildman–Crippen MR) is 70.2 cm³/mol. The van der Waals surface area contributed by atoms with Crippen LogP contribution in [-0.4, -0.2) is 37.6 Å². The summed E-state index contributed by atoms with van der Waals surface area (Å²) in [7, 11) is 0. The number of carbonyl (C=O) groups is 1. The summed E-state index contributed by atoms with van der Waals surface area (Å²) in [5.41, 5.74) is 1.55. The van der Waals surface area contributed by atoms with Gasteiger partial charge in [0.05, 0.1) is 18.7 Å². The Bertz CT molecular complexity index is 577. The summed E-state index contributed by atoms with van der Waals surface area (Å²) in [6.45, 7) is 3.22. The molecule has 0 spiro atoms. The molecule has 0 atom stereocenters. The molecular formula is C14H14N2O2. The number of ether oxygens (including phenoxy) is 1. The van der Waals surface area contributed by atoms with Crippen LogP contribution in [-0.2, 0) is 4.74 Å². The Morgan fingerprint density at radius 1 is 1.17 bits per heavy atom. The fourth-order valence-electron chi connectivity index (χ4n) is 2.24. The number of morpholine rings is 1. The maximum absolute atomic E-state index is 11.0. The van der Waals surface area contributed by atoms with E-state index in [1.165, 1.54) is 0 Å². The van der Waals surface area contributed by atoms with Gasteiger partial charge in [0.1, 0.15) is 5.82 Å². The van der Waals surface area contributed by atoms with Crippen LogP contribution >= 0.6 is 0 Å². The lowest BCUT2D eigenvalue weighted by Gasteiger charge is -2.27. The average Bonchev–Trinajstić information content (AvgIpc) is 2.47. The lowest BCUT2D eigenvalue weighted by atomic mass is 10.1. The Morgan fingerprint density at radius 2 is 2.00 bits per heavy atom. The molecule has 0 amide bonds. The van der Waals surface area contributed by atoms with Crippen molar-refractivity contribution < 1.29 is 9.53 Å². The molecule has 0 aliphatic carbocycles. The van der Waals surface area contributed by atoms with Crippen molar-refractivity contribution in [2.45, 2.75) is 0 Å². The molecule has 3 rings (SSSR count). The predicted octanol–water partition coefficient (Wildman–Crippen LogP) is 1.88. The minimum Gasteiger partial charge on any atom is -0.378 e. The first-order valence-electron chi connectivity index (χ1n) is 6.06. The van der Waals surface area contributed by atoms with E-state index < -0.39 is 0 Å². The molecule has 0 saturated carbocycles. The normalized spacial score (nSPS) is 15.9. The minimum absolute atomic E-state index is 0.688. The van der Waals surface area contributed by atoms with E-state index in [0.29, 0.717) is 5.56 Å². The summed E-state index contributed by atoms with van der Waals surface area (Å²) < 4.78 is 5.33. The molecule has 2 heterocycles. The molecule has 2 aromatic rings. The van der Waals surface area contributed by atoms with Gasteiger partial charge in [-0.1, -0.05) is 12.1 Å². The Morgan fingerprint density at radius 3 is 2.78 bits per heavy atom. The number of fused-ring (bicyclic) bond motifs is 1. The summed E-state index contributed by atoms with van der Waals surface area (Å²) in [5, 5.41) is 0.907. The Kier molecular flexibility index (Phi) is 2.94. The molecule has 4 heteroatoms. The standard InChI is InChI=1S/C14H14N2O2/c17-10-11-2-1-3-13-12(11)4-5-14(15-13)16-6-8-18-9-7-16/h1-5,10H,6-9H2. The number of anilines is 1. The van der Waals surface area contributed by atoms with Crippen LogP contribution in [0.3, 0.4) is 0 Å². The van der Waals surface area contributed by atoms with Crippen molar-refractivity contribution in [3.63, 3.8) is 0 Å². The highest BCUT2D eigenvalue weighted by atomic mass is 16.5. The fraction of sp³-hybridized carbons (Fsp3) is 0.286.